The highest BCUT2D eigenvalue weighted by molar-refractivity contribution is 7.89. The summed E-state index contributed by atoms with van der Waals surface area (Å²) in [6.45, 7) is 0.274. The van der Waals surface area contributed by atoms with E-state index < -0.39 is 14.9 Å². The summed E-state index contributed by atoms with van der Waals surface area (Å²) in [4.78, 5) is 9.89. The standard InChI is InChI=1S/C11H14N2O5S/c14-10-5-8(6-10)7-12-19(17,18)11-3-1-9(2-4-11)13(15)16/h1-4,8,10,12,14H,5-7H2. The minimum Gasteiger partial charge on any atom is -0.393 e. The Morgan fingerprint density at radius 2 is 1.89 bits per heavy atom. The van der Waals surface area contributed by atoms with Crippen LogP contribution in [0.25, 0.3) is 0 Å². The van der Waals surface area contributed by atoms with Gasteiger partial charge in [0.25, 0.3) is 5.69 Å². The van der Waals surface area contributed by atoms with Crippen molar-refractivity contribution in [1.82, 2.24) is 4.72 Å². The van der Waals surface area contributed by atoms with Crippen LogP contribution in [0.1, 0.15) is 12.8 Å². The lowest BCUT2D eigenvalue weighted by atomic mass is 9.83. The number of aliphatic hydroxyl groups excluding tert-OH is 1. The van der Waals surface area contributed by atoms with Gasteiger partial charge in [0.05, 0.1) is 15.9 Å². The summed E-state index contributed by atoms with van der Waals surface area (Å²) in [7, 11) is -3.65. The second kappa shape index (κ2) is 5.24. The summed E-state index contributed by atoms with van der Waals surface area (Å²) < 4.78 is 26.2. The first-order valence-corrected chi connectivity index (χ1v) is 7.29. The predicted molar refractivity (Wildman–Crippen MR) is 67.0 cm³/mol. The van der Waals surface area contributed by atoms with Gasteiger partial charge in [-0.25, -0.2) is 13.1 Å². The highest BCUT2D eigenvalue weighted by atomic mass is 32.2. The topological polar surface area (TPSA) is 110 Å². The molecule has 8 heteroatoms. The van der Waals surface area contributed by atoms with Gasteiger partial charge in [0.2, 0.25) is 10.0 Å². The Labute approximate surface area is 110 Å². The molecule has 1 aliphatic rings. The van der Waals surface area contributed by atoms with Gasteiger partial charge >= 0.3 is 0 Å². The van der Waals surface area contributed by atoms with E-state index in [2.05, 4.69) is 4.72 Å². The predicted octanol–water partition coefficient (Wildman–Crippen LogP) is 0.644. The minimum absolute atomic E-state index is 0.00188. The fourth-order valence-corrected chi connectivity index (χ4v) is 3.04. The van der Waals surface area contributed by atoms with Gasteiger partial charge in [-0.05, 0) is 30.9 Å². The molecule has 0 heterocycles. The molecule has 1 fully saturated rings. The van der Waals surface area contributed by atoms with Gasteiger partial charge in [0.15, 0.2) is 0 Å². The number of rotatable bonds is 5. The Bertz CT molecular complexity index is 563. The Balaban J connectivity index is 2.00. The molecule has 0 spiro atoms. The zero-order valence-corrected chi connectivity index (χ0v) is 10.8. The number of nitro benzene ring substituents is 1. The number of nitrogens with one attached hydrogen (secondary N) is 1. The van der Waals surface area contributed by atoms with Crippen molar-refractivity contribution in [3.63, 3.8) is 0 Å². The van der Waals surface area contributed by atoms with Gasteiger partial charge in [-0.1, -0.05) is 0 Å². The van der Waals surface area contributed by atoms with Crippen molar-refractivity contribution in [2.75, 3.05) is 6.54 Å². The lowest BCUT2D eigenvalue weighted by Gasteiger charge is -2.31. The lowest BCUT2D eigenvalue weighted by Crippen LogP contribution is -2.38. The number of nitrogens with zero attached hydrogens (tertiary/aromatic N) is 1. The van der Waals surface area contributed by atoms with Crippen molar-refractivity contribution >= 4 is 15.7 Å². The first-order chi connectivity index (χ1) is 8.88. The molecule has 1 aromatic rings. The second-order valence-corrected chi connectivity index (χ2v) is 6.36. The van der Waals surface area contributed by atoms with Crippen LogP contribution in [0.5, 0.6) is 0 Å². The Morgan fingerprint density at radius 1 is 1.32 bits per heavy atom. The van der Waals surface area contributed by atoms with Crippen molar-refractivity contribution in [1.29, 1.82) is 0 Å². The molecule has 0 aliphatic heterocycles. The van der Waals surface area contributed by atoms with Crippen LogP contribution in [0.2, 0.25) is 0 Å². The Morgan fingerprint density at radius 3 is 2.37 bits per heavy atom. The molecule has 104 valence electrons. The highest BCUT2D eigenvalue weighted by Gasteiger charge is 2.28. The second-order valence-electron chi connectivity index (χ2n) is 4.59. The average Bonchev–Trinajstić information content (AvgIpc) is 2.33. The van der Waals surface area contributed by atoms with Crippen LogP contribution in [-0.4, -0.2) is 31.1 Å². The van der Waals surface area contributed by atoms with Gasteiger partial charge in [-0.2, -0.15) is 0 Å². The van der Waals surface area contributed by atoms with E-state index in [-0.39, 0.29) is 29.1 Å². The average molecular weight is 286 g/mol. The zero-order chi connectivity index (χ0) is 14.0. The minimum atomic E-state index is -3.65. The maximum absolute atomic E-state index is 11.9. The first-order valence-electron chi connectivity index (χ1n) is 5.80. The summed E-state index contributed by atoms with van der Waals surface area (Å²) in [6.07, 6.45) is 0.875. The lowest BCUT2D eigenvalue weighted by molar-refractivity contribution is -0.384. The number of aliphatic hydroxyl groups is 1. The van der Waals surface area contributed by atoms with Crippen molar-refractivity contribution < 1.29 is 18.4 Å². The fraction of sp³-hybridized carbons (Fsp3) is 0.455. The smallest absolute Gasteiger partial charge is 0.269 e. The van der Waals surface area contributed by atoms with Gasteiger partial charge < -0.3 is 5.11 Å². The summed E-state index contributed by atoms with van der Waals surface area (Å²) in [5.41, 5.74) is -0.152. The van der Waals surface area contributed by atoms with E-state index in [1.54, 1.807) is 0 Å². The molecule has 0 radical (unpaired) electrons. The largest absolute Gasteiger partial charge is 0.393 e. The van der Waals surface area contributed by atoms with Crippen LogP contribution in [-0.2, 0) is 10.0 Å². The van der Waals surface area contributed by atoms with Crippen molar-refractivity contribution in [3.05, 3.63) is 34.4 Å². The molecule has 1 aromatic carbocycles. The summed E-state index contributed by atoms with van der Waals surface area (Å²) in [5, 5.41) is 19.6. The molecular formula is C11H14N2O5S. The fourth-order valence-electron chi connectivity index (χ4n) is 1.93. The Hall–Kier alpha value is -1.51. The quantitative estimate of drug-likeness (QED) is 0.610. The maximum atomic E-state index is 11.9. The van der Waals surface area contributed by atoms with Crippen molar-refractivity contribution in [2.45, 2.75) is 23.8 Å². The highest BCUT2D eigenvalue weighted by Crippen LogP contribution is 2.26. The van der Waals surface area contributed by atoms with Crippen LogP contribution in [0.3, 0.4) is 0 Å². The molecular weight excluding hydrogens is 272 g/mol. The summed E-state index contributed by atoms with van der Waals surface area (Å²) in [6, 6.07) is 4.72. The summed E-state index contributed by atoms with van der Waals surface area (Å²) >= 11 is 0. The molecule has 7 nitrogen and oxygen atoms in total. The Kier molecular flexibility index (Phi) is 3.83. The van der Waals surface area contributed by atoms with E-state index in [0.717, 1.165) is 12.1 Å². The van der Waals surface area contributed by atoms with E-state index in [0.29, 0.717) is 12.8 Å². The molecule has 2 rings (SSSR count). The van der Waals surface area contributed by atoms with Gasteiger partial charge in [0.1, 0.15) is 0 Å². The van der Waals surface area contributed by atoms with Crippen LogP contribution in [0.4, 0.5) is 5.69 Å². The molecule has 0 bridgehead atoms. The van der Waals surface area contributed by atoms with Crippen molar-refractivity contribution in [2.24, 2.45) is 5.92 Å². The third-order valence-corrected chi connectivity index (χ3v) is 4.57. The van der Waals surface area contributed by atoms with Gasteiger partial charge in [-0.15, -0.1) is 0 Å². The maximum Gasteiger partial charge on any atom is 0.269 e. The number of non-ortho nitro benzene ring substituents is 1. The van der Waals surface area contributed by atoms with Crippen LogP contribution >= 0.6 is 0 Å². The zero-order valence-electron chi connectivity index (χ0n) is 10.0. The molecule has 0 aromatic heterocycles. The SMILES string of the molecule is O=[N+]([O-])c1ccc(S(=O)(=O)NCC2CC(O)C2)cc1. The monoisotopic (exact) mass is 286 g/mol. The third-order valence-electron chi connectivity index (χ3n) is 3.13. The van der Waals surface area contributed by atoms with Crippen LogP contribution in [0, 0.1) is 16.0 Å². The van der Waals surface area contributed by atoms with E-state index in [1.165, 1.54) is 12.1 Å². The van der Waals surface area contributed by atoms with E-state index in [1.807, 2.05) is 0 Å². The van der Waals surface area contributed by atoms with Gasteiger partial charge in [-0.3, -0.25) is 10.1 Å². The molecule has 0 atom stereocenters. The van der Waals surface area contributed by atoms with Crippen LogP contribution in [0.15, 0.2) is 29.2 Å². The van der Waals surface area contributed by atoms with Gasteiger partial charge in [0, 0.05) is 18.7 Å². The molecule has 1 saturated carbocycles. The van der Waals surface area contributed by atoms with Crippen molar-refractivity contribution in [3.8, 4) is 0 Å². The molecule has 1 aliphatic carbocycles. The van der Waals surface area contributed by atoms with Crippen LogP contribution < -0.4 is 4.72 Å². The molecule has 0 unspecified atom stereocenters. The normalized spacial score (nSPS) is 22.8. The van der Waals surface area contributed by atoms with E-state index >= 15 is 0 Å². The molecule has 19 heavy (non-hydrogen) atoms. The first kappa shape index (κ1) is 13.9. The number of benzene rings is 1. The number of nitro groups is 1. The molecule has 2 N–H and O–H groups in total. The number of sulfonamides is 1. The summed E-state index contributed by atoms with van der Waals surface area (Å²) in [5.74, 6) is 0.155. The number of hydrogen-bond acceptors (Lipinski definition) is 5. The number of hydrogen-bond donors (Lipinski definition) is 2. The third kappa shape index (κ3) is 3.28. The molecule has 0 saturated heterocycles. The molecule has 0 amide bonds. The van der Waals surface area contributed by atoms with E-state index in [4.69, 9.17) is 5.11 Å². The van der Waals surface area contributed by atoms with E-state index in [9.17, 15) is 18.5 Å².